The molecule has 0 unspecified atom stereocenters. The minimum Gasteiger partial charge on any atom is -0.454 e. The Morgan fingerprint density at radius 1 is 1.25 bits per heavy atom. The van der Waals surface area contributed by atoms with E-state index in [1.165, 1.54) is 0 Å². The van der Waals surface area contributed by atoms with E-state index in [2.05, 4.69) is 5.32 Å². The highest BCUT2D eigenvalue weighted by molar-refractivity contribution is 7.99. The molecule has 6 nitrogen and oxygen atoms in total. The zero-order valence-corrected chi connectivity index (χ0v) is 14.1. The van der Waals surface area contributed by atoms with Gasteiger partial charge in [0, 0.05) is 18.2 Å². The molecule has 0 bridgehead atoms. The number of fused-ring (bicyclic) bond motifs is 1. The van der Waals surface area contributed by atoms with Crippen LogP contribution in [0.15, 0.2) is 18.2 Å². The first kappa shape index (κ1) is 15.6. The van der Waals surface area contributed by atoms with Gasteiger partial charge in [-0.1, -0.05) is 12.5 Å². The summed E-state index contributed by atoms with van der Waals surface area (Å²) in [6.45, 7) is 0.658. The average molecular weight is 348 g/mol. The second-order valence-electron chi connectivity index (χ2n) is 6.36. The molecule has 128 valence electrons. The highest BCUT2D eigenvalue weighted by Gasteiger charge is 2.39. The number of carbonyl (C=O) groups excluding carboxylic acids is 2. The summed E-state index contributed by atoms with van der Waals surface area (Å²) in [6.07, 6.45) is 3.05. The first-order chi connectivity index (χ1) is 11.7. The van der Waals surface area contributed by atoms with Crippen LogP contribution in [0.4, 0.5) is 0 Å². The maximum absolute atomic E-state index is 12.5. The van der Waals surface area contributed by atoms with Crippen molar-refractivity contribution in [2.75, 3.05) is 18.4 Å². The fraction of sp³-hybridized carbons (Fsp3) is 0.529. The van der Waals surface area contributed by atoms with E-state index in [1.54, 1.807) is 16.7 Å². The molecule has 0 radical (unpaired) electrons. The lowest BCUT2D eigenvalue weighted by Gasteiger charge is -2.31. The van der Waals surface area contributed by atoms with E-state index in [0.717, 1.165) is 30.6 Å². The normalized spacial score (nSPS) is 22.3. The van der Waals surface area contributed by atoms with Crippen molar-refractivity contribution >= 4 is 23.6 Å². The number of hydrogen-bond donors (Lipinski definition) is 1. The molecule has 2 fully saturated rings. The Balaban J connectivity index is 1.36. The number of carbonyl (C=O) groups is 2. The molecule has 2 amide bonds. The molecular weight excluding hydrogens is 328 g/mol. The van der Waals surface area contributed by atoms with Gasteiger partial charge in [0.05, 0.1) is 5.88 Å². The van der Waals surface area contributed by atoms with Gasteiger partial charge in [-0.3, -0.25) is 9.59 Å². The Labute approximate surface area is 144 Å². The van der Waals surface area contributed by atoms with Crippen LogP contribution in [0.1, 0.15) is 24.8 Å². The average Bonchev–Trinajstić information content (AvgIpc) is 3.19. The SMILES string of the molecule is O=C(NCc1ccc2c(c1)OCO2)[C@H]1CSCN1C(=O)C1CCC1. The van der Waals surface area contributed by atoms with Crippen molar-refractivity contribution in [2.45, 2.75) is 31.8 Å². The van der Waals surface area contributed by atoms with Gasteiger partial charge in [0.1, 0.15) is 6.04 Å². The van der Waals surface area contributed by atoms with Gasteiger partial charge in [0.25, 0.3) is 0 Å². The summed E-state index contributed by atoms with van der Waals surface area (Å²) in [5, 5.41) is 2.95. The second kappa shape index (κ2) is 6.55. The fourth-order valence-corrected chi connectivity index (χ4v) is 4.29. The Morgan fingerprint density at radius 2 is 2.08 bits per heavy atom. The van der Waals surface area contributed by atoms with Crippen molar-refractivity contribution in [3.63, 3.8) is 0 Å². The highest BCUT2D eigenvalue weighted by Crippen LogP contribution is 2.33. The van der Waals surface area contributed by atoms with Crippen LogP contribution in [-0.2, 0) is 16.1 Å². The van der Waals surface area contributed by atoms with Crippen LogP contribution < -0.4 is 14.8 Å². The number of hydrogen-bond acceptors (Lipinski definition) is 5. The van der Waals surface area contributed by atoms with Crippen LogP contribution in [0, 0.1) is 5.92 Å². The number of rotatable bonds is 4. The molecule has 3 aliphatic rings. The predicted molar refractivity (Wildman–Crippen MR) is 89.7 cm³/mol. The molecule has 1 N–H and O–H groups in total. The summed E-state index contributed by atoms with van der Waals surface area (Å²) in [6, 6.07) is 5.29. The lowest BCUT2D eigenvalue weighted by molar-refractivity contribution is -0.143. The van der Waals surface area contributed by atoms with Gasteiger partial charge in [-0.2, -0.15) is 0 Å². The third-order valence-corrected chi connectivity index (χ3v) is 5.84. The van der Waals surface area contributed by atoms with Gasteiger partial charge < -0.3 is 19.7 Å². The van der Waals surface area contributed by atoms with Crippen LogP contribution in [0.3, 0.4) is 0 Å². The van der Waals surface area contributed by atoms with Crippen molar-refractivity contribution < 1.29 is 19.1 Å². The number of thioether (sulfide) groups is 1. The van der Waals surface area contributed by atoms with E-state index in [0.29, 0.717) is 23.9 Å². The van der Waals surface area contributed by atoms with Crippen LogP contribution in [-0.4, -0.2) is 41.2 Å². The number of ether oxygens (including phenoxy) is 2. The maximum Gasteiger partial charge on any atom is 0.243 e. The molecule has 7 heteroatoms. The minimum absolute atomic E-state index is 0.0784. The van der Waals surface area contributed by atoms with E-state index >= 15 is 0 Å². The van der Waals surface area contributed by atoms with Crippen molar-refractivity contribution in [1.82, 2.24) is 10.2 Å². The van der Waals surface area contributed by atoms with Crippen LogP contribution in [0.5, 0.6) is 11.5 Å². The van der Waals surface area contributed by atoms with E-state index in [1.807, 2.05) is 18.2 Å². The second-order valence-corrected chi connectivity index (χ2v) is 7.36. The molecule has 1 aromatic carbocycles. The van der Waals surface area contributed by atoms with Crippen LogP contribution in [0.2, 0.25) is 0 Å². The smallest absolute Gasteiger partial charge is 0.243 e. The van der Waals surface area contributed by atoms with Gasteiger partial charge >= 0.3 is 0 Å². The summed E-state index contributed by atoms with van der Waals surface area (Å²) in [7, 11) is 0. The molecule has 2 aliphatic heterocycles. The summed E-state index contributed by atoms with van der Waals surface area (Å²) in [4.78, 5) is 26.7. The molecule has 1 aromatic rings. The molecule has 0 spiro atoms. The number of benzene rings is 1. The van der Waals surface area contributed by atoms with Crippen molar-refractivity contribution in [1.29, 1.82) is 0 Å². The van der Waals surface area contributed by atoms with E-state index < -0.39 is 0 Å². The Bertz CT molecular complexity index is 662. The van der Waals surface area contributed by atoms with E-state index in [4.69, 9.17) is 9.47 Å². The quantitative estimate of drug-likeness (QED) is 0.898. The van der Waals surface area contributed by atoms with Gasteiger partial charge in [-0.15, -0.1) is 11.8 Å². The molecule has 1 aliphatic carbocycles. The van der Waals surface area contributed by atoms with E-state index in [-0.39, 0.29) is 30.6 Å². The lowest BCUT2D eigenvalue weighted by atomic mass is 9.84. The topological polar surface area (TPSA) is 67.9 Å². The van der Waals surface area contributed by atoms with E-state index in [9.17, 15) is 9.59 Å². The van der Waals surface area contributed by atoms with Gasteiger partial charge in [0.15, 0.2) is 11.5 Å². The first-order valence-electron chi connectivity index (χ1n) is 8.27. The van der Waals surface area contributed by atoms with Crippen molar-refractivity contribution in [2.24, 2.45) is 5.92 Å². The standard InChI is InChI=1S/C17H20N2O4S/c20-16(13-8-24-9-19(13)17(21)12-2-1-3-12)18-7-11-4-5-14-15(6-11)23-10-22-14/h4-6,12-13H,1-3,7-10H2,(H,18,20)/t13-/m1/s1. The molecule has 1 saturated carbocycles. The molecule has 0 aromatic heterocycles. The first-order valence-corrected chi connectivity index (χ1v) is 9.42. The highest BCUT2D eigenvalue weighted by atomic mass is 32.2. The zero-order valence-electron chi connectivity index (χ0n) is 13.3. The fourth-order valence-electron chi connectivity index (χ4n) is 3.12. The van der Waals surface area contributed by atoms with Gasteiger partial charge in [-0.05, 0) is 30.5 Å². The largest absolute Gasteiger partial charge is 0.454 e. The minimum atomic E-state index is -0.350. The number of nitrogens with zero attached hydrogens (tertiary/aromatic N) is 1. The van der Waals surface area contributed by atoms with Crippen LogP contribution >= 0.6 is 11.8 Å². The summed E-state index contributed by atoms with van der Waals surface area (Å²) in [5.41, 5.74) is 0.954. The number of amides is 2. The Hall–Kier alpha value is -1.89. The zero-order chi connectivity index (χ0) is 16.5. The Morgan fingerprint density at radius 3 is 2.88 bits per heavy atom. The molecule has 4 rings (SSSR count). The third kappa shape index (κ3) is 2.92. The van der Waals surface area contributed by atoms with Gasteiger partial charge in [0.2, 0.25) is 18.6 Å². The Kier molecular flexibility index (Phi) is 4.26. The molecule has 24 heavy (non-hydrogen) atoms. The van der Waals surface area contributed by atoms with Crippen molar-refractivity contribution in [3.8, 4) is 11.5 Å². The summed E-state index contributed by atoms with van der Waals surface area (Å²) in [5.74, 6) is 2.94. The van der Waals surface area contributed by atoms with Gasteiger partial charge in [-0.25, -0.2) is 0 Å². The third-order valence-electron chi connectivity index (χ3n) is 4.83. The predicted octanol–water partition coefficient (Wildman–Crippen LogP) is 1.73. The summed E-state index contributed by atoms with van der Waals surface area (Å²) < 4.78 is 10.6. The van der Waals surface area contributed by atoms with Crippen LogP contribution in [0.25, 0.3) is 0 Å². The lowest BCUT2D eigenvalue weighted by Crippen LogP contribution is -2.49. The molecular formula is C17H20N2O4S. The monoisotopic (exact) mass is 348 g/mol. The van der Waals surface area contributed by atoms with Crippen molar-refractivity contribution in [3.05, 3.63) is 23.8 Å². The summed E-state index contributed by atoms with van der Waals surface area (Å²) >= 11 is 1.64. The molecule has 1 saturated heterocycles. The maximum atomic E-state index is 12.5. The molecule has 1 atom stereocenters. The number of nitrogens with one attached hydrogen (secondary N) is 1. The molecule has 2 heterocycles.